The Kier molecular flexibility index (Phi) is 3.87. The number of piperazine rings is 1. The van der Waals surface area contributed by atoms with Crippen LogP contribution >= 0.6 is 0 Å². The standard InChI is InChI=1S/C14H15N7/c15-4-2-12-3-7-18-14(19-12)21-10-8-20(9-11-21)13-16-5-1-6-17-13/h1,3,5-7H,2,8-11H2. The minimum atomic E-state index is 0.313. The summed E-state index contributed by atoms with van der Waals surface area (Å²) in [7, 11) is 0. The molecule has 1 aliphatic rings. The zero-order valence-corrected chi connectivity index (χ0v) is 11.6. The van der Waals surface area contributed by atoms with E-state index in [0.717, 1.165) is 37.8 Å². The highest BCUT2D eigenvalue weighted by Crippen LogP contribution is 2.14. The first-order chi connectivity index (χ1) is 10.4. The molecule has 0 N–H and O–H groups in total. The van der Waals surface area contributed by atoms with Crippen molar-refractivity contribution in [3.63, 3.8) is 0 Å². The van der Waals surface area contributed by atoms with Gasteiger partial charge in [-0.05, 0) is 12.1 Å². The molecule has 7 heteroatoms. The van der Waals surface area contributed by atoms with Gasteiger partial charge in [0.1, 0.15) is 0 Å². The number of nitriles is 1. The number of anilines is 2. The summed E-state index contributed by atoms with van der Waals surface area (Å²) in [5, 5.41) is 8.74. The molecule has 2 aromatic rings. The molecule has 1 saturated heterocycles. The fourth-order valence-corrected chi connectivity index (χ4v) is 2.28. The fraction of sp³-hybridized carbons (Fsp3) is 0.357. The van der Waals surface area contributed by atoms with Crippen molar-refractivity contribution < 1.29 is 0 Å². The van der Waals surface area contributed by atoms with E-state index in [1.54, 1.807) is 24.7 Å². The van der Waals surface area contributed by atoms with Gasteiger partial charge in [0, 0.05) is 44.8 Å². The molecule has 0 aromatic carbocycles. The molecule has 106 valence electrons. The molecular weight excluding hydrogens is 266 g/mol. The van der Waals surface area contributed by atoms with Gasteiger partial charge >= 0.3 is 0 Å². The third kappa shape index (κ3) is 3.05. The molecule has 0 spiro atoms. The summed E-state index contributed by atoms with van der Waals surface area (Å²) in [5.74, 6) is 1.45. The molecule has 0 aliphatic carbocycles. The van der Waals surface area contributed by atoms with E-state index >= 15 is 0 Å². The Hall–Kier alpha value is -2.75. The van der Waals surface area contributed by atoms with Crippen molar-refractivity contribution in [2.45, 2.75) is 6.42 Å². The van der Waals surface area contributed by atoms with Crippen LogP contribution < -0.4 is 9.80 Å². The average Bonchev–Trinajstić information content (AvgIpc) is 2.56. The van der Waals surface area contributed by atoms with E-state index in [9.17, 15) is 0 Å². The van der Waals surface area contributed by atoms with Crippen LogP contribution in [0.4, 0.5) is 11.9 Å². The molecule has 2 aromatic heterocycles. The Balaban J connectivity index is 1.66. The summed E-state index contributed by atoms with van der Waals surface area (Å²) in [6.07, 6.45) is 5.53. The third-order valence-electron chi connectivity index (χ3n) is 3.36. The Labute approximate surface area is 122 Å². The zero-order valence-electron chi connectivity index (χ0n) is 11.6. The molecule has 1 aliphatic heterocycles. The second kappa shape index (κ2) is 6.13. The normalized spacial score (nSPS) is 14.8. The second-order valence-electron chi connectivity index (χ2n) is 4.71. The molecule has 0 saturated carbocycles. The van der Waals surface area contributed by atoms with Crippen LogP contribution in [-0.2, 0) is 6.42 Å². The largest absolute Gasteiger partial charge is 0.337 e. The monoisotopic (exact) mass is 281 g/mol. The van der Waals surface area contributed by atoms with Gasteiger partial charge in [0.15, 0.2) is 0 Å². The second-order valence-corrected chi connectivity index (χ2v) is 4.71. The van der Waals surface area contributed by atoms with Crippen molar-refractivity contribution >= 4 is 11.9 Å². The van der Waals surface area contributed by atoms with Crippen molar-refractivity contribution in [1.82, 2.24) is 19.9 Å². The van der Waals surface area contributed by atoms with Crippen LogP contribution in [0.1, 0.15) is 5.69 Å². The van der Waals surface area contributed by atoms with E-state index in [1.807, 2.05) is 6.07 Å². The predicted octanol–water partition coefficient (Wildman–Crippen LogP) is 0.659. The summed E-state index contributed by atoms with van der Waals surface area (Å²) >= 11 is 0. The minimum Gasteiger partial charge on any atom is -0.337 e. The Morgan fingerprint density at radius 1 is 0.952 bits per heavy atom. The summed E-state index contributed by atoms with van der Waals surface area (Å²) in [6.45, 7) is 3.29. The number of hydrogen-bond donors (Lipinski definition) is 0. The Morgan fingerprint density at radius 3 is 2.24 bits per heavy atom. The van der Waals surface area contributed by atoms with Gasteiger partial charge in [0.25, 0.3) is 0 Å². The van der Waals surface area contributed by atoms with Crippen LogP contribution in [0.3, 0.4) is 0 Å². The highest BCUT2D eigenvalue weighted by molar-refractivity contribution is 5.37. The molecular formula is C14H15N7. The number of hydrogen-bond acceptors (Lipinski definition) is 7. The van der Waals surface area contributed by atoms with E-state index in [2.05, 4.69) is 35.8 Å². The van der Waals surface area contributed by atoms with Crippen molar-refractivity contribution in [1.29, 1.82) is 5.26 Å². The van der Waals surface area contributed by atoms with Gasteiger partial charge < -0.3 is 9.80 Å². The summed E-state index contributed by atoms with van der Waals surface area (Å²) in [6, 6.07) is 5.70. The molecule has 0 radical (unpaired) electrons. The Bertz CT molecular complexity index is 629. The van der Waals surface area contributed by atoms with Gasteiger partial charge in [-0.25, -0.2) is 19.9 Å². The van der Waals surface area contributed by atoms with Gasteiger partial charge in [-0.1, -0.05) is 0 Å². The number of rotatable bonds is 3. The van der Waals surface area contributed by atoms with Crippen LogP contribution in [0.15, 0.2) is 30.7 Å². The van der Waals surface area contributed by atoms with Crippen molar-refractivity contribution in [2.24, 2.45) is 0 Å². The molecule has 1 fully saturated rings. The molecule has 0 bridgehead atoms. The first-order valence-electron chi connectivity index (χ1n) is 6.82. The molecule has 7 nitrogen and oxygen atoms in total. The minimum absolute atomic E-state index is 0.313. The number of aromatic nitrogens is 4. The maximum atomic E-state index is 8.74. The van der Waals surface area contributed by atoms with E-state index in [-0.39, 0.29) is 0 Å². The molecule has 0 unspecified atom stereocenters. The van der Waals surface area contributed by atoms with E-state index < -0.39 is 0 Å². The van der Waals surface area contributed by atoms with E-state index in [1.165, 1.54) is 0 Å². The lowest BCUT2D eigenvalue weighted by Crippen LogP contribution is -2.47. The Morgan fingerprint density at radius 2 is 1.57 bits per heavy atom. The van der Waals surface area contributed by atoms with Crippen LogP contribution in [0.5, 0.6) is 0 Å². The van der Waals surface area contributed by atoms with Crippen LogP contribution in [0.25, 0.3) is 0 Å². The van der Waals surface area contributed by atoms with Gasteiger partial charge in [0.2, 0.25) is 11.9 Å². The van der Waals surface area contributed by atoms with Crippen molar-refractivity contribution in [3.8, 4) is 6.07 Å². The maximum absolute atomic E-state index is 8.74. The van der Waals surface area contributed by atoms with Gasteiger partial charge in [-0.2, -0.15) is 5.26 Å². The first-order valence-corrected chi connectivity index (χ1v) is 6.82. The van der Waals surface area contributed by atoms with E-state index in [4.69, 9.17) is 5.26 Å². The van der Waals surface area contributed by atoms with Crippen LogP contribution in [0.2, 0.25) is 0 Å². The van der Waals surface area contributed by atoms with E-state index in [0.29, 0.717) is 12.4 Å². The van der Waals surface area contributed by atoms with Crippen LogP contribution in [-0.4, -0.2) is 46.1 Å². The third-order valence-corrected chi connectivity index (χ3v) is 3.36. The highest BCUT2D eigenvalue weighted by Gasteiger charge is 2.20. The lowest BCUT2D eigenvalue weighted by atomic mass is 10.3. The molecule has 0 atom stereocenters. The summed E-state index contributed by atoms with van der Waals surface area (Å²) in [5.41, 5.74) is 0.760. The van der Waals surface area contributed by atoms with Crippen LogP contribution in [0, 0.1) is 11.3 Å². The highest BCUT2D eigenvalue weighted by atomic mass is 15.3. The summed E-state index contributed by atoms with van der Waals surface area (Å²) < 4.78 is 0. The quantitative estimate of drug-likeness (QED) is 0.817. The molecule has 3 rings (SSSR count). The predicted molar refractivity (Wildman–Crippen MR) is 77.8 cm³/mol. The molecule has 0 amide bonds. The summed E-state index contributed by atoms with van der Waals surface area (Å²) in [4.78, 5) is 21.5. The molecule has 3 heterocycles. The smallest absolute Gasteiger partial charge is 0.225 e. The maximum Gasteiger partial charge on any atom is 0.225 e. The van der Waals surface area contributed by atoms with Crippen molar-refractivity contribution in [3.05, 3.63) is 36.4 Å². The van der Waals surface area contributed by atoms with Gasteiger partial charge in [-0.15, -0.1) is 0 Å². The fourth-order valence-electron chi connectivity index (χ4n) is 2.28. The van der Waals surface area contributed by atoms with Gasteiger partial charge in [0.05, 0.1) is 18.2 Å². The topological polar surface area (TPSA) is 81.8 Å². The number of nitrogens with zero attached hydrogens (tertiary/aromatic N) is 7. The lowest BCUT2D eigenvalue weighted by Gasteiger charge is -2.34. The lowest BCUT2D eigenvalue weighted by molar-refractivity contribution is 0.627. The zero-order chi connectivity index (χ0) is 14.5. The van der Waals surface area contributed by atoms with Gasteiger partial charge in [-0.3, -0.25) is 0 Å². The first kappa shape index (κ1) is 13.2. The molecule has 21 heavy (non-hydrogen) atoms. The van der Waals surface area contributed by atoms with Crippen molar-refractivity contribution in [2.75, 3.05) is 36.0 Å². The average molecular weight is 281 g/mol. The SMILES string of the molecule is N#CCc1ccnc(N2CCN(c3ncccn3)CC2)n1.